The third-order valence-corrected chi connectivity index (χ3v) is 5.76. The van der Waals surface area contributed by atoms with Crippen molar-refractivity contribution in [3.63, 3.8) is 0 Å². The molecule has 1 unspecified atom stereocenters. The van der Waals surface area contributed by atoms with E-state index in [1.54, 1.807) is 0 Å². The minimum absolute atomic E-state index is 0.0234. The summed E-state index contributed by atoms with van der Waals surface area (Å²) in [5.74, 6) is -2.12. The predicted molar refractivity (Wildman–Crippen MR) is 136 cm³/mol. The van der Waals surface area contributed by atoms with Gasteiger partial charge in [-0.25, -0.2) is 4.39 Å². The summed E-state index contributed by atoms with van der Waals surface area (Å²) >= 11 is 0. The van der Waals surface area contributed by atoms with Gasteiger partial charge < -0.3 is 26.8 Å². The molecule has 9 heteroatoms. The third kappa shape index (κ3) is 7.10. The molecule has 0 aliphatic carbocycles. The number of benzene rings is 3. The second kappa shape index (κ2) is 11.7. The molecule has 0 aliphatic heterocycles. The average Bonchev–Trinajstić information content (AvgIpc) is 2.86. The number of fused-ring (bicyclic) bond motifs is 1. The molecule has 3 aromatic carbocycles. The monoisotopic (exact) mass is 494 g/mol. The van der Waals surface area contributed by atoms with E-state index in [1.807, 2.05) is 42.5 Å². The quantitative estimate of drug-likeness (QED) is 0.292. The third-order valence-electron chi connectivity index (χ3n) is 5.76. The van der Waals surface area contributed by atoms with Gasteiger partial charge in [-0.2, -0.15) is 0 Å². The van der Waals surface area contributed by atoms with Gasteiger partial charge in [-0.1, -0.05) is 42.5 Å². The van der Waals surface area contributed by atoms with Gasteiger partial charge in [0, 0.05) is 25.1 Å². The number of halogens is 1. The Morgan fingerprint density at radius 2 is 1.67 bits per heavy atom. The molecule has 0 saturated carbocycles. The molecule has 8 nitrogen and oxygen atoms in total. The maximum Gasteiger partial charge on any atom is 0.252 e. The van der Waals surface area contributed by atoms with Crippen LogP contribution in [0.4, 0.5) is 4.39 Å². The van der Waals surface area contributed by atoms with E-state index in [0.717, 1.165) is 28.5 Å². The van der Waals surface area contributed by atoms with Gasteiger partial charge >= 0.3 is 0 Å². The van der Waals surface area contributed by atoms with Crippen LogP contribution in [0.25, 0.3) is 10.8 Å². The fourth-order valence-corrected chi connectivity index (χ4v) is 3.59. The molecule has 36 heavy (non-hydrogen) atoms. The normalized spacial score (nSPS) is 13.0. The number of amides is 3. The van der Waals surface area contributed by atoms with E-state index in [2.05, 4.69) is 16.0 Å². The highest BCUT2D eigenvalue weighted by Crippen LogP contribution is 2.17. The molecule has 0 aliphatic rings. The molecule has 0 radical (unpaired) electrons. The van der Waals surface area contributed by atoms with Gasteiger partial charge in [0.2, 0.25) is 11.8 Å². The van der Waals surface area contributed by atoms with Gasteiger partial charge in [-0.3, -0.25) is 14.4 Å². The summed E-state index contributed by atoms with van der Waals surface area (Å²) in [5, 5.41) is 19.7. The van der Waals surface area contributed by atoms with Crippen molar-refractivity contribution in [2.75, 3.05) is 13.1 Å². The molecule has 2 atom stereocenters. The molecule has 6 N–H and O–H groups in total. The number of rotatable bonds is 10. The zero-order chi connectivity index (χ0) is 26.3. The predicted octanol–water partition coefficient (Wildman–Crippen LogP) is 1.65. The lowest BCUT2D eigenvalue weighted by Crippen LogP contribution is -2.59. The number of aliphatic hydroxyl groups is 1. The maximum atomic E-state index is 13.2. The highest BCUT2D eigenvalue weighted by molar-refractivity contribution is 6.00. The van der Waals surface area contributed by atoms with E-state index >= 15 is 0 Å². The highest BCUT2D eigenvalue weighted by Gasteiger charge is 2.33. The largest absolute Gasteiger partial charge is 0.390 e. The van der Waals surface area contributed by atoms with E-state index in [0.29, 0.717) is 0 Å². The Hall–Kier alpha value is -3.82. The lowest BCUT2D eigenvalue weighted by Gasteiger charge is -2.28. The Morgan fingerprint density at radius 1 is 1.00 bits per heavy atom. The van der Waals surface area contributed by atoms with Crippen LogP contribution in [-0.2, 0) is 16.0 Å². The molecule has 0 bridgehead atoms. The Labute approximate surface area is 209 Å². The highest BCUT2D eigenvalue weighted by atomic mass is 19.1. The fraction of sp³-hybridized carbons (Fsp3) is 0.296. The fourth-order valence-electron chi connectivity index (χ4n) is 3.59. The molecule has 0 saturated heterocycles. The molecule has 3 aromatic rings. The van der Waals surface area contributed by atoms with Crippen molar-refractivity contribution in [2.24, 2.45) is 5.73 Å². The molecule has 0 aromatic heterocycles. The van der Waals surface area contributed by atoms with E-state index < -0.39 is 41.2 Å². The van der Waals surface area contributed by atoms with Crippen LogP contribution < -0.4 is 21.7 Å². The SMILES string of the molecule is CC(C)(NC(=O)c1ccc(F)cc1)C(=O)N[C@H](Cc1ccc2ccccc2c1)C(=O)NCC(O)CN. The molecular formula is C27H31FN4O4. The Balaban J connectivity index is 1.76. The van der Waals surface area contributed by atoms with Crippen molar-refractivity contribution < 1.29 is 23.9 Å². The van der Waals surface area contributed by atoms with Crippen molar-refractivity contribution >= 4 is 28.5 Å². The van der Waals surface area contributed by atoms with Crippen LogP contribution in [0.5, 0.6) is 0 Å². The second-order valence-electron chi connectivity index (χ2n) is 9.13. The van der Waals surface area contributed by atoms with Crippen molar-refractivity contribution in [1.82, 2.24) is 16.0 Å². The second-order valence-corrected chi connectivity index (χ2v) is 9.13. The maximum absolute atomic E-state index is 13.2. The van der Waals surface area contributed by atoms with E-state index in [4.69, 9.17) is 5.73 Å². The van der Waals surface area contributed by atoms with Gasteiger partial charge in [0.15, 0.2) is 0 Å². The summed E-state index contributed by atoms with van der Waals surface area (Å²) < 4.78 is 13.2. The van der Waals surface area contributed by atoms with Gasteiger partial charge in [-0.15, -0.1) is 0 Å². The van der Waals surface area contributed by atoms with Crippen molar-refractivity contribution in [3.8, 4) is 0 Å². The van der Waals surface area contributed by atoms with E-state index in [1.165, 1.54) is 26.0 Å². The Morgan fingerprint density at radius 3 is 2.33 bits per heavy atom. The number of hydrogen-bond donors (Lipinski definition) is 5. The smallest absolute Gasteiger partial charge is 0.252 e. The first-order valence-electron chi connectivity index (χ1n) is 11.6. The summed E-state index contributed by atoms with van der Waals surface area (Å²) in [6.07, 6.45) is -0.735. The molecule has 0 spiro atoms. The van der Waals surface area contributed by atoms with Gasteiger partial charge in [0.05, 0.1) is 6.10 Å². The summed E-state index contributed by atoms with van der Waals surface area (Å²) in [7, 11) is 0. The number of aliphatic hydroxyl groups excluding tert-OH is 1. The number of carbonyl (C=O) groups excluding carboxylic acids is 3. The van der Waals surface area contributed by atoms with Crippen molar-refractivity contribution in [1.29, 1.82) is 0 Å². The number of carbonyl (C=O) groups is 3. The van der Waals surface area contributed by atoms with Crippen molar-refractivity contribution in [3.05, 3.63) is 83.7 Å². The average molecular weight is 495 g/mol. The van der Waals surface area contributed by atoms with Crippen molar-refractivity contribution in [2.45, 2.75) is 38.0 Å². The molecule has 190 valence electrons. The number of nitrogens with two attached hydrogens (primary N) is 1. The minimum Gasteiger partial charge on any atom is -0.390 e. The van der Waals surface area contributed by atoms with Gasteiger partial charge in [0.1, 0.15) is 17.4 Å². The molecule has 3 amide bonds. The topological polar surface area (TPSA) is 134 Å². The molecule has 0 heterocycles. The van der Waals surface area contributed by atoms with Gasteiger partial charge in [-0.05, 0) is 54.4 Å². The first kappa shape index (κ1) is 26.8. The lowest BCUT2D eigenvalue weighted by molar-refractivity contribution is -0.132. The van der Waals surface area contributed by atoms with Gasteiger partial charge in [0.25, 0.3) is 5.91 Å². The molecule has 3 rings (SSSR count). The van der Waals surface area contributed by atoms with Crippen LogP contribution in [0.1, 0.15) is 29.8 Å². The van der Waals surface area contributed by atoms with E-state index in [-0.39, 0.29) is 25.1 Å². The lowest BCUT2D eigenvalue weighted by atomic mass is 9.98. The summed E-state index contributed by atoms with van der Waals surface area (Å²) in [6.45, 7) is 2.92. The first-order chi connectivity index (χ1) is 17.1. The summed E-state index contributed by atoms with van der Waals surface area (Å²) in [6, 6.07) is 17.5. The zero-order valence-corrected chi connectivity index (χ0v) is 20.3. The Kier molecular flexibility index (Phi) is 8.73. The van der Waals surface area contributed by atoms with Crippen LogP contribution >= 0.6 is 0 Å². The summed E-state index contributed by atoms with van der Waals surface area (Å²) in [5.41, 5.74) is 5.05. The number of hydrogen-bond acceptors (Lipinski definition) is 5. The van der Waals surface area contributed by atoms with Crippen LogP contribution in [0.15, 0.2) is 66.7 Å². The van der Waals surface area contributed by atoms with Crippen LogP contribution in [0, 0.1) is 5.82 Å². The van der Waals surface area contributed by atoms with Crippen LogP contribution in [0.2, 0.25) is 0 Å². The first-order valence-corrected chi connectivity index (χ1v) is 11.6. The zero-order valence-electron chi connectivity index (χ0n) is 20.3. The molecule has 0 fully saturated rings. The minimum atomic E-state index is -1.38. The van der Waals surface area contributed by atoms with E-state index in [9.17, 15) is 23.9 Å². The number of nitrogens with one attached hydrogen (secondary N) is 3. The Bertz CT molecular complexity index is 1230. The standard InChI is InChI=1S/C27H31FN4O4/c1-27(2,32-24(34)19-9-11-21(28)12-10-19)26(36)31-23(25(35)30-16-22(33)15-29)14-17-7-8-18-5-3-4-6-20(18)13-17/h3-13,22-23,33H,14-16,29H2,1-2H3,(H,30,35)(H,31,36)(H,32,34)/t22?,23-/m1/s1. The molecular weight excluding hydrogens is 463 g/mol. The van der Waals surface area contributed by atoms with Crippen LogP contribution in [0.3, 0.4) is 0 Å². The summed E-state index contributed by atoms with van der Waals surface area (Å²) in [4.78, 5) is 38.7. The van der Waals surface area contributed by atoms with Crippen LogP contribution in [-0.4, -0.2) is 53.6 Å².